The van der Waals surface area contributed by atoms with Crippen LogP contribution in [0.4, 0.5) is 10.3 Å². The Morgan fingerprint density at radius 3 is 2.64 bits per heavy atom. The number of nitrogens with two attached hydrogens (primary N) is 1. The van der Waals surface area contributed by atoms with Crippen molar-refractivity contribution in [3.63, 3.8) is 0 Å². The number of alkyl halides is 1. The van der Waals surface area contributed by atoms with Crippen LogP contribution < -0.4 is 10.5 Å². The molecule has 156 valence electrons. The zero-order chi connectivity index (χ0) is 20.9. The first-order chi connectivity index (χ1) is 13.0. The number of rotatable bonds is 5. The predicted octanol–water partition coefficient (Wildman–Crippen LogP) is 2.70. The highest BCUT2D eigenvalue weighted by Gasteiger charge is 2.46. The highest BCUT2D eigenvalue weighted by atomic mass is 28.4. The molecule has 0 spiro atoms. The Kier molecular flexibility index (Phi) is 5.41. The second-order valence-electron chi connectivity index (χ2n) is 8.98. The first kappa shape index (κ1) is 20.9. The molecule has 1 aliphatic rings. The highest BCUT2D eigenvalue weighted by Crippen LogP contribution is 2.42. The Labute approximate surface area is 165 Å². The van der Waals surface area contributed by atoms with E-state index in [9.17, 15) is 5.11 Å². The number of halogens is 1. The van der Waals surface area contributed by atoms with Crippen molar-refractivity contribution >= 4 is 25.4 Å². The van der Waals surface area contributed by atoms with Gasteiger partial charge in [0.15, 0.2) is 19.5 Å². The van der Waals surface area contributed by atoms with E-state index in [1.54, 1.807) is 4.57 Å². The molecule has 1 aliphatic carbocycles. The summed E-state index contributed by atoms with van der Waals surface area (Å²) < 4.78 is 28.1. The summed E-state index contributed by atoms with van der Waals surface area (Å²) in [6, 6.07) is -0.605. The zero-order valence-electron chi connectivity index (χ0n) is 17.3. The summed E-state index contributed by atoms with van der Waals surface area (Å²) in [7, 11) is -0.518. The molecule has 3 N–H and O–H groups in total. The van der Waals surface area contributed by atoms with Gasteiger partial charge in [0.25, 0.3) is 0 Å². The molecule has 0 aliphatic heterocycles. The Morgan fingerprint density at radius 2 is 2.04 bits per heavy atom. The quantitative estimate of drug-likeness (QED) is 0.728. The molecule has 1 fully saturated rings. The summed E-state index contributed by atoms with van der Waals surface area (Å²) in [6.07, 6.45) is -0.627. The van der Waals surface area contributed by atoms with Crippen LogP contribution in [-0.4, -0.2) is 58.9 Å². The zero-order valence-corrected chi connectivity index (χ0v) is 18.3. The van der Waals surface area contributed by atoms with Crippen LogP contribution in [0.2, 0.25) is 18.1 Å². The third-order valence-corrected chi connectivity index (χ3v) is 10.6. The molecule has 0 amide bonds. The number of nitrogens with zero attached hydrogens (tertiary/aromatic N) is 4. The lowest BCUT2D eigenvalue weighted by molar-refractivity contribution is 0.0419. The summed E-state index contributed by atoms with van der Waals surface area (Å²) in [5, 5.41) is 10.6. The molecule has 1 saturated carbocycles. The Bertz CT molecular complexity index is 854. The van der Waals surface area contributed by atoms with Crippen molar-refractivity contribution in [3.8, 4) is 5.88 Å². The number of aliphatic hydroxyl groups excluding tert-OH is 1. The molecular formula is C18H30FN5O3Si. The van der Waals surface area contributed by atoms with Gasteiger partial charge in [0.1, 0.15) is 6.17 Å². The van der Waals surface area contributed by atoms with Crippen LogP contribution in [0.15, 0.2) is 6.33 Å². The molecule has 3 rings (SSSR count). The monoisotopic (exact) mass is 411 g/mol. The third kappa shape index (κ3) is 3.60. The normalized spacial score (nSPS) is 26.1. The average molecular weight is 412 g/mol. The van der Waals surface area contributed by atoms with Gasteiger partial charge in [-0.25, -0.2) is 9.37 Å². The van der Waals surface area contributed by atoms with Gasteiger partial charge in [0.05, 0.1) is 25.6 Å². The van der Waals surface area contributed by atoms with E-state index in [1.165, 1.54) is 13.4 Å². The lowest BCUT2D eigenvalue weighted by Crippen LogP contribution is -2.42. The third-order valence-electron chi connectivity index (χ3n) is 6.14. The molecule has 0 radical (unpaired) electrons. The molecule has 10 heteroatoms. The van der Waals surface area contributed by atoms with Gasteiger partial charge in [0, 0.05) is 12.5 Å². The molecule has 4 unspecified atom stereocenters. The van der Waals surface area contributed by atoms with Crippen LogP contribution >= 0.6 is 0 Å². The van der Waals surface area contributed by atoms with Crippen LogP contribution in [-0.2, 0) is 4.43 Å². The van der Waals surface area contributed by atoms with Gasteiger partial charge in [-0.1, -0.05) is 20.8 Å². The van der Waals surface area contributed by atoms with Crippen LogP contribution in [0.3, 0.4) is 0 Å². The van der Waals surface area contributed by atoms with E-state index in [4.69, 9.17) is 14.9 Å². The maximum Gasteiger partial charge on any atom is 0.246 e. The standard InChI is InChI=1S/C18H30FN5O3Si/c1-18(2,3)28(5,6)27-8-10-7-11(12(19)14(10)25)24-9-21-13-15(24)22-17(20)23-16(13)26-4/h9-12,14,25H,7-8H2,1-6H3,(H2,20,22,23). The van der Waals surface area contributed by atoms with Crippen LogP contribution in [0.5, 0.6) is 5.88 Å². The fourth-order valence-corrected chi connectivity index (χ4v) is 4.39. The van der Waals surface area contributed by atoms with Gasteiger partial charge in [-0.15, -0.1) is 0 Å². The van der Waals surface area contributed by atoms with E-state index in [2.05, 4.69) is 48.8 Å². The minimum absolute atomic E-state index is 0.0258. The van der Waals surface area contributed by atoms with Gasteiger partial charge in [-0.2, -0.15) is 9.97 Å². The molecule has 0 aromatic carbocycles. The smallest absolute Gasteiger partial charge is 0.246 e. The number of methoxy groups -OCH3 is 1. The summed E-state index contributed by atoms with van der Waals surface area (Å²) in [5.41, 5.74) is 6.57. The van der Waals surface area contributed by atoms with Crippen molar-refractivity contribution in [3.05, 3.63) is 6.33 Å². The van der Waals surface area contributed by atoms with E-state index in [-0.39, 0.29) is 22.8 Å². The Morgan fingerprint density at radius 1 is 1.36 bits per heavy atom. The number of aliphatic hydroxyl groups is 1. The first-order valence-corrected chi connectivity index (χ1v) is 12.4. The number of fused-ring (bicyclic) bond motifs is 1. The molecule has 8 nitrogen and oxygen atoms in total. The van der Waals surface area contributed by atoms with Crippen molar-refractivity contribution in [1.29, 1.82) is 0 Å². The van der Waals surface area contributed by atoms with Crippen molar-refractivity contribution in [2.45, 2.75) is 63.6 Å². The summed E-state index contributed by atoms with van der Waals surface area (Å²) in [4.78, 5) is 12.5. The molecule has 4 atom stereocenters. The number of anilines is 1. The number of hydrogen-bond donors (Lipinski definition) is 2. The van der Waals surface area contributed by atoms with Crippen LogP contribution in [0, 0.1) is 5.92 Å². The predicted molar refractivity (Wildman–Crippen MR) is 107 cm³/mol. The van der Waals surface area contributed by atoms with Crippen molar-refractivity contribution in [2.24, 2.45) is 5.92 Å². The van der Waals surface area contributed by atoms with Gasteiger partial charge in [-0.05, 0) is 24.6 Å². The average Bonchev–Trinajstić information content (AvgIpc) is 3.13. The lowest BCUT2D eigenvalue weighted by Gasteiger charge is -2.37. The number of imidazole rings is 1. The fourth-order valence-electron chi connectivity index (χ4n) is 3.32. The molecule has 2 aromatic rings. The Hall–Kier alpha value is -1.78. The highest BCUT2D eigenvalue weighted by molar-refractivity contribution is 6.74. The van der Waals surface area contributed by atoms with E-state index in [0.29, 0.717) is 24.2 Å². The number of nitrogen functional groups attached to an aromatic ring is 1. The summed E-state index contributed by atoms with van der Waals surface area (Å²) >= 11 is 0. The topological polar surface area (TPSA) is 108 Å². The second kappa shape index (κ2) is 7.23. The second-order valence-corrected chi connectivity index (χ2v) is 13.8. The summed E-state index contributed by atoms with van der Waals surface area (Å²) in [5.74, 6) is -0.0291. The lowest BCUT2D eigenvalue weighted by atomic mass is 10.1. The van der Waals surface area contributed by atoms with Gasteiger partial charge < -0.3 is 24.6 Å². The summed E-state index contributed by atoms with van der Waals surface area (Å²) in [6.45, 7) is 11.1. The van der Waals surface area contributed by atoms with Crippen LogP contribution in [0.1, 0.15) is 33.2 Å². The van der Waals surface area contributed by atoms with E-state index >= 15 is 4.39 Å². The maximum absolute atomic E-state index is 15.0. The molecular weight excluding hydrogens is 381 g/mol. The molecule has 2 heterocycles. The number of ether oxygens (including phenoxy) is 1. The fraction of sp³-hybridized carbons (Fsp3) is 0.722. The van der Waals surface area contributed by atoms with E-state index in [1.807, 2.05) is 0 Å². The van der Waals surface area contributed by atoms with Gasteiger partial charge in [0.2, 0.25) is 11.8 Å². The van der Waals surface area contributed by atoms with Crippen molar-refractivity contribution < 1.29 is 18.7 Å². The van der Waals surface area contributed by atoms with E-state index in [0.717, 1.165) is 0 Å². The Balaban J connectivity index is 1.83. The number of aromatic nitrogens is 4. The van der Waals surface area contributed by atoms with Crippen molar-refractivity contribution in [2.75, 3.05) is 19.5 Å². The SMILES string of the molecule is COc1nc(N)nc2c1ncn2C1CC(CO[Si](C)(C)C(C)(C)C)C(O)C1F. The van der Waals surface area contributed by atoms with E-state index < -0.39 is 26.6 Å². The minimum atomic E-state index is -1.98. The molecule has 2 aromatic heterocycles. The van der Waals surface area contributed by atoms with Gasteiger partial charge in [-0.3, -0.25) is 0 Å². The molecule has 0 saturated heterocycles. The largest absolute Gasteiger partial charge is 0.479 e. The first-order valence-electron chi connectivity index (χ1n) is 9.46. The van der Waals surface area contributed by atoms with Crippen molar-refractivity contribution in [1.82, 2.24) is 19.5 Å². The number of hydrogen-bond acceptors (Lipinski definition) is 7. The molecule has 0 bridgehead atoms. The minimum Gasteiger partial charge on any atom is -0.479 e. The molecule has 28 heavy (non-hydrogen) atoms. The van der Waals surface area contributed by atoms with Gasteiger partial charge >= 0.3 is 0 Å². The van der Waals surface area contributed by atoms with Crippen LogP contribution in [0.25, 0.3) is 11.2 Å². The maximum atomic E-state index is 15.0.